The summed E-state index contributed by atoms with van der Waals surface area (Å²) in [7, 11) is 0. The molecule has 3 aromatic rings. The highest BCUT2D eigenvalue weighted by atomic mass is 16.5. The molecule has 1 saturated heterocycles. The Kier molecular flexibility index (Phi) is 3.34. The molecule has 0 saturated carbocycles. The van der Waals surface area contributed by atoms with Gasteiger partial charge < -0.3 is 9.64 Å². The molecular weight excluding hydrogens is 292 g/mol. The maximum absolute atomic E-state index is 12.4. The van der Waals surface area contributed by atoms with Crippen LogP contribution in [0, 0.1) is 0 Å². The molecule has 4 rings (SSSR count). The molecule has 0 bridgehead atoms. The van der Waals surface area contributed by atoms with Crippen LogP contribution in [0.4, 0.5) is 0 Å². The normalized spacial score (nSPS) is 14.5. The summed E-state index contributed by atoms with van der Waals surface area (Å²) in [6.07, 6.45) is 4.89. The van der Waals surface area contributed by atoms with Crippen LogP contribution in [0.5, 0.6) is 5.75 Å². The molecule has 0 aliphatic carbocycles. The van der Waals surface area contributed by atoms with Crippen LogP contribution in [0.2, 0.25) is 0 Å². The largest absolute Gasteiger partial charge is 0.485 e. The molecule has 1 aromatic carbocycles. The smallest absolute Gasteiger partial charge is 0.274 e. The van der Waals surface area contributed by atoms with Gasteiger partial charge in [-0.25, -0.2) is 4.98 Å². The Hall–Kier alpha value is -3.02. The number of carbonyl (C=O) groups is 1. The zero-order valence-corrected chi connectivity index (χ0v) is 12.3. The topological polar surface area (TPSA) is 68.2 Å². The molecule has 0 unspecified atom stereocenters. The third kappa shape index (κ3) is 2.70. The Morgan fingerprint density at radius 1 is 1.09 bits per heavy atom. The monoisotopic (exact) mass is 306 g/mol. The predicted molar refractivity (Wildman–Crippen MR) is 84.1 cm³/mol. The molecule has 0 N–H and O–H groups in total. The van der Waals surface area contributed by atoms with E-state index in [4.69, 9.17) is 4.74 Å². The Balaban J connectivity index is 1.42. The first-order valence-electron chi connectivity index (χ1n) is 7.37. The number of pyridine rings is 1. The molecule has 6 nitrogen and oxygen atoms in total. The van der Waals surface area contributed by atoms with Crippen LogP contribution in [0.15, 0.2) is 55.0 Å². The van der Waals surface area contributed by atoms with Gasteiger partial charge in [-0.15, -0.1) is 0 Å². The molecule has 2 aromatic heterocycles. The lowest BCUT2D eigenvalue weighted by atomic mass is 10.1. The van der Waals surface area contributed by atoms with Crippen molar-refractivity contribution in [3.63, 3.8) is 0 Å². The predicted octanol–water partition coefficient (Wildman–Crippen LogP) is 1.93. The standard InChI is InChI=1S/C17H14N4O2/c22-17(16-9-19-14-5-1-2-6-15(14)20-16)21-10-13(11-21)23-12-4-3-7-18-8-12/h1-9,13H,10-11H2. The van der Waals surface area contributed by atoms with E-state index in [0.29, 0.717) is 18.8 Å². The van der Waals surface area contributed by atoms with Crippen LogP contribution >= 0.6 is 0 Å². The Bertz CT molecular complexity index is 847. The van der Waals surface area contributed by atoms with Gasteiger partial charge in [-0.2, -0.15) is 0 Å². The molecule has 23 heavy (non-hydrogen) atoms. The molecule has 1 fully saturated rings. The number of para-hydroxylation sites is 2. The van der Waals surface area contributed by atoms with Crippen LogP contribution in [-0.4, -0.2) is 45.0 Å². The summed E-state index contributed by atoms with van der Waals surface area (Å²) in [5.41, 5.74) is 1.87. The molecule has 0 radical (unpaired) electrons. The van der Waals surface area contributed by atoms with Gasteiger partial charge in [-0.05, 0) is 24.3 Å². The maximum atomic E-state index is 12.4. The number of nitrogens with zero attached hydrogens (tertiary/aromatic N) is 4. The number of carbonyl (C=O) groups excluding carboxylic acids is 1. The minimum absolute atomic E-state index is 0.00318. The number of aromatic nitrogens is 3. The van der Waals surface area contributed by atoms with Crippen molar-refractivity contribution in [2.75, 3.05) is 13.1 Å². The van der Waals surface area contributed by atoms with Crippen LogP contribution in [0.1, 0.15) is 10.5 Å². The van der Waals surface area contributed by atoms with E-state index in [1.54, 1.807) is 17.3 Å². The average molecular weight is 306 g/mol. The van der Waals surface area contributed by atoms with E-state index in [9.17, 15) is 4.79 Å². The summed E-state index contributed by atoms with van der Waals surface area (Å²) < 4.78 is 5.74. The fraction of sp³-hybridized carbons (Fsp3) is 0.176. The van der Waals surface area contributed by atoms with E-state index in [-0.39, 0.29) is 12.0 Å². The van der Waals surface area contributed by atoms with Crippen molar-refractivity contribution in [1.29, 1.82) is 0 Å². The highest BCUT2D eigenvalue weighted by molar-refractivity contribution is 5.94. The second-order valence-electron chi connectivity index (χ2n) is 5.38. The number of amides is 1. The summed E-state index contributed by atoms with van der Waals surface area (Å²) in [4.78, 5) is 26.8. The van der Waals surface area contributed by atoms with Gasteiger partial charge in [0.1, 0.15) is 17.5 Å². The zero-order chi connectivity index (χ0) is 15.6. The highest BCUT2D eigenvalue weighted by Gasteiger charge is 2.33. The van der Waals surface area contributed by atoms with Crippen LogP contribution < -0.4 is 4.74 Å². The molecule has 6 heteroatoms. The minimum atomic E-state index is -0.116. The lowest BCUT2D eigenvalue weighted by molar-refractivity contribution is 0.0172. The maximum Gasteiger partial charge on any atom is 0.274 e. The second-order valence-corrected chi connectivity index (χ2v) is 5.38. The third-order valence-corrected chi connectivity index (χ3v) is 3.74. The SMILES string of the molecule is O=C(c1cnc2ccccc2n1)N1CC(Oc2cccnc2)C1. The Morgan fingerprint density at radius 3 is 2.70 bits per heavy atom. The van der Waals surface area contributed by atoms with Gasteiger partial charge in [-0.3, -0.25) is 14.8 Å². The lowest BCUT2D eigenvalue weighted by Gasteiger charge is -2.38. The van der Waals surface area contributed by atoms with Crippen molar-refractivity contribution in [3.05, 3.63) is 60.7 Å². The van der Waals surface area contributed by atoms with Gasteiger partial charge in [0.25, 0.3) is 5.91 Å². The molecule has 1 amide bonds. The van der Waals surface area contributed by atoms with E-state index in [0.717, 1.165) is 16.8 Å². The van der Waals surface area contributed by atoms with E-state index in [2.05, 4.69) is 15.0 Å². The molecule has 0 atom stereocenters. The fourth-order valence-electron chi connectivity index (χ4n) is 2.51. The van der Waals surface area contributed by atoms with Gasteiger partial charge in [0.05, 0.1) is 36.5 Å². The molecule has 3 heterocycles. The van der Waals surface area contributed by atoms with E-state index in [1.807, 2.05) is 36.4 Å². The first kappa shape index (κ1) is 13.6. The van der Waals surface area contributed by atoms with Gasteiger partial charge in [0, 0.05) is 6.20 Å². The number of likely N-dealkylation sites (tertiary alicyclic amines) is 1. The molecule has 1 aliphatic rings. The van der Waals surface area contributed by atoms with Gasteiger partial charge in [0.2, 0.25) is 0 Å². The third-order valence-electron chi connectivity index (χ3n) is 3.74. The van der Waals surface area contributed by atoms with Gasteiger partial charge >= 0.3 is 0 Å². The molecule has 114 valence electrons. The summed E-state index contributed by atoms with van der Waals surface area (Å²) in [5, 5.41) is 0. The minimum Gasteiger partial charge on any atom is -0.485 e. The van der Waals surface area contributed by atoms with Crippen molar-refractivity contribution in [1.82, 2.24) is 19.9 Å². The number of ether oxygens (including phenoxy) is 1. The van der Waals surface area contributed by atoms with Crippen molar-refractivity contribution in [3.8, 4) is 5.75 Å². The quantitative estimate of drug-likeness (QED) is 0.739. The number of fused-ring (bicyclic) bond motifs is 1. The lowest BCUT2D eigenvalue weighted by Crippen LogP contribution is -2.56. The summed E-state index contributed by atoms with van der Waals surface area (Å²) in [6.45, 7) is 1.09. The van der Waals surface area contributed by atoms with E-state index in [1.165, 1.54) is 6.20 Å². The van der Waals surface area contributed by atoms with Crippen molar-refractivity contribution in [2.24, 2.45) is 0 Å². The first-order valence-corrected chi connectivity index (χ1v) is 7.37. The van der Waals surface area contributed by atoms with Crippen LogP contribution in [0.25, 0.3) is 11.0 Å². The molecule has 1 aliphatic heterocycles. The second kappa shape index (κ2) is 5.64. The summed E-state index contributed by atoms with van der Waals surface area (Å²) in [5.74, 6) is 0.601. The molecular formula is C17H14N4O2. The number of benzene rings is 1. The molecule has 0 spiro atoms. The van der Waals surface area contributed by atoms with Crippen molar-refractivity contribution < 1.29 is 9.53 Å². The first-order chi connectivity index (χ1) is 11.3. The number of hydrogen-bond acceptors (Lipinski definition) is 5. The van der Waals surface area contributed by atoms with Crippen molar-refractivity contribution in [2.45, 2.75) is 6.10 Å². The number of rotatable bonds is 3. The fourth-order valence-corrected chi connectivity index (χ4v) is 2.51. The Morgan fingerprint density at radius 2 is 1.91 bits per heavy atom. The zero-order valence-electron chi connectivity index (χ0n) is 12.3. The summed E-state index contributed by atoms with van der Waals surface area (Å²) in [6, 6.07) is 11.2. The summed E-state index contributed by atoms with van der Waals surface area (Å²) >= 11 is 0. The van der Waals surface area contributed by atoms with E-state index >= 15 is 0 Å². The highest BCUT2D eigenvalue weighted by Crippen LogP contribution is 2.19. The van der Waals surface area contributed by atoms with Crippen LogP contribution in [0.3, 0.4) is 0 Å². The Labute approximate surface area is 132 Å². The van der Waals surface area contributed by atoms with Crippen molar-refractivity contribution >= 4 is 16.9 Å². The van der Waals surface area contributed by atoms with Gasteiger partial charge in [0.15, 0.2) is 0 Å². The van der Waals surface area contributed by atoms with Gasteiger partial charge in [-0.1, -0.05) is 12.1 Å². The van der Waals surface area contributed by atoms with Crippen LogP contribution in [-0.2, 0) is 0 Å². The number of hydrogen-bond donors (Lipinski definition) is 0. The average Bonchev–Trinajstić information content (AvgIpc) is 2.57. The van der Waals surface area contributed by atoms with E-state index < -0.39 is 0 Å².